The molecule has 106 valence electrons. The minimum atomic E-state index is 0.435. The largest absolute Gasteiger partial charge is 0.351 e. The van der Waals surface area contributed by atoms with Crippen LogP contribution in [0, 0.1) is 6.92 Å². The molecule has 0 fully saturated rings. The number of rotatable bonds is 5. The predicted molar refractivity (Wildman–Crippen MR) is 82.9 cm³/mol. The summed E-state index contributed by atoms with van der Waals surface area (Å²) in [6, 6.07) is 16.5. The Hall–Kier alpha value is -2.62. The monoisotopic (exact) mass is 279 g/mol. The molecule has 0 spiro atoms. The highest BCUT2D eigenvalue weighted by atomic mass is 16.1. The maximum Gasteiger partial charge on any atom is 0.207 e. The molecular formula is C17H17N3O. The van der Waals surface area contributed by atoms with Gasteiger partial charge in [0.2, 0.25) is 6.41 Å². The number of hydrogen-bond acceptors (Lipinski definition) is 2. The maximum atomic E-state index is 10.6. The second-order valence-electron chi connectivity index (χ2n) is 5.09. The van der Waals surface area contributed by atoms with Gasteiger partial charge in [0, 0.05) is 6.54 Å². The van der Waals surface area contributed by atoms with Crippen LogP contribution in [0.2, 0.25) is 0 Å². The van der Waals surface area contributed by atoms with E-state index in [9.17, 15) is 4.79 Å². The molecular weight excluding hydrogens is 262 g/mol. The summed E-state index contributed by atoms with van der Waals surface area (Å²) in [5.41, 5.74) is 4.50. The molecule has 1 heterocycles. The first kappa shape index (κ1) is 13.4. The molecule has 0 aliphatic heterocycles. The molecule has 0 aliphatic carbocycles. The number of fused-ring (bicyclic) bond motifs is 1. The van der Waals surface area contributed by atoms with Crippen LogP contribution < -0.4 is 5.32 Å². The van der Waals surface area contributed by atoms with Crippen LogP contribution >= 0.6 is 0 Å². The van der Waals surface area contributed by atoms with Crippen LogP contribution in [0.4, 0.5) is 0 Å². The summed E-state index contributed by atoms with van der Waals surface area (Å²) in [6.45, 7) is 3.27. The summed E-state index contributed by atoms with van der Waals surface area (Å²) in [5, 5.41) is 2.70. The van der Waals surface area contributed by atoms with Crippen molar-refractivity contribution in [3.05, 3.63) is 65.5 Å². The van der Waals surface area contributed by atoms with Gasteiger partial charge in [-0.15, -0.1) is 0 Å². The Morgan fingerprint density at radius 3 is 2.86 bits per heavy atom. The van der Waals surface area contributed by atoms with Gasteiger partial charge in [-0.3, -0.25) is 4.79 Å². The molecule has 3 rings (SSSR count). The van der Waals surface area contributed by atoms with Gasteiger partial charge in [0.15, 0.2) is 0 Å². The van der Waals surface area contributed by atoms with Gasteiger partial charge >= 0.3 is 0 Å². The number of nitrogens with one attached hydrogen (secondary N) is 1. The lowest BCUT2D eigenvalue weighted by atomic mass is 10.1. The third-order valence-corrected chi connectivity index (χ3v) is 3.50. The van der Waals surface area contributed by atoms with E-state index >= 15 is 0 Å². The molecule has 0 bridgehead atoms. The Bertz CT molecular complexity index is 777. The van der Waals surface area contributed by atoms with E-state index in [0.717, 1.165) is 23.4 Å². The fourth-order valence-corrected chi connectivity index (χ4v) is 2.56. The van der Waals surface area contributed by atoms with Gasteiger partial charge < -0.3 is 9.88 Å². The zero-order chi connectivity index (χ0) is 14.7. The summed E-state index contributed by atoms with van der Waals surface area (Å²) in [5.74, 6) is 0.866. The SMILES string of the molecule is Cc1cccc(Cn2c(CNC=O)nc3ccccc32)c1. The summed E-state index contributed by atoms with van der Waals surface area (Å²) in [7, 11) is 0. The topological polar surface area (TPSA) is 46.9 Å². The van der Waals surface area contributed by atoms with Crippen molar-refractivity contribution >= 4 is 17.4 Å². The lowest BCUT2D eigenvalue weighted by molar-refractivity contribution is -0.109. The van der Waals surface area contributed by atoms with E-state index in [0.29, 0.717) is 13.0 Å². The summed E-state index contributed by atoms with van der Waals surface area (Å²) in [6.07, 6.45) is 0.705. The number of para-hydroxylation sites is 2. The van der Waals surface area contributed by atoms with E-state index in [1.165, 1.54) is 11.1 Å². The number of aromatic nitrogens is 2. The van der Waals surface area contributed by atoms with E-state index in [4.69, 9.17) is 0 Å². The van der Waals surface area contributed by atoms with Gasteiger partial charge in [-0.2, -0.15) is 0 Å². The second kappa shape index (κ2) is 5.79. The number of hydrogen-bond donors (Lipinski definition) is 1. The quantitative estimate of drug-likeness (QED) is 0.730. The third-order valence-electron chi connectivity index (χ3n) is 3.50. The fraction of sp³-hybridized carbons (Fsp3) is 0.176. The Balaban J connectivity index is 2.03. The summed E-state index contributed by atoms with van der Waals surface area (Å²) >= 11 is 0. The van der Waals surface area contributed by atoms with E-state index < -0.39 is 0 Å². The second-order valence-corrected chi connectivity index (χ2v) is 5.09. The number of nitrogens with zero attached hydrogens (tertiary/aromatic N) is 2. The molecule has 2 aromatic carbocycles. The van der Waals surface area contributed by atoms with Gasteiger partial charge in [-0.25, -0.2) is 4.98 Å². The van der Waals surface area contributed by atoms with Crippen molar-refractivity contribution in [2.75, 3.05) is 0 Å². The number of carbonyl (C=O) groups is 1. The van der Waals surface area contributed by atoms with Gasteiger partial charge in [0.25, 0.3) is 0 Å². The van der Waals surface area contributed by atoms with Gasteiger partial charge in [0.1, 0.15) is 5.82 Å². The molecule has 21 heavy (non-hydrogen) atoms. The van der Waals surface area contributed by atoms with E-state index in [-0.39, 0.29) is 0 Å². The number of amides is 1. The molecule has 4 nitrogen and oxygen atoms in total. The number of benzene rings is 2. The van der Waals surface area contributed by atoms with Crippen LogP contribution in [0.25, 0.3) is 11.0 Å². The third kappa shape index (κ3) is 2.79. The van der Waals surface area contributed by atoms with Crippen LogP contribution in [0.5, 0.6) is 0 Å². The standard InChI is InChI=1S/C17H17N3O/c1-13-5-4-6-14(9-13)11-20-16-8-3-2-7-15(16)19-17(20)10-18-12-21/h2-9,12H,10-11H2,1H3,(H,18,21). The first-order valence-electron chi connectivity index (χ1n) is 6.94. The molecule has 0 aliphatic rings. The molecule has 0 radical (unpaired) electrons. The molecule has 3 aromatic rings. The van der Waals surface area contributed by atoms with E-state index in [1.807, 2.05) is 18.2 Å². The van der Waals surface area contributed by atoms with Crippen molar-refractivity contribution in [3.63, 3.8) is 0 Å². The van der Waals surface area contributed by atoms with E-state index in [1.54, 1.807) is 0 Å². The Kier molecular flexibility index (Phi) is 3.69. The van der Waals surface area contributed by atoms with Crippen LogP contribution in [-0.2, 0) is 17.9 Å². The Labute approximate surface area is 123 Å². The molecule has 1 aromatic heterocycles. The van der Waals surface area contributed by atoms with Crippen molar-refractivity contribution in [3.8, 4) is 0 Å². The Morgan fingerprint density at radius 2 is 2.05 bits per heavy atom. The van der Waals surface area contributed by atoms with Crippen LogP contribution in [0.15, 0.2) is 48.5 Å². The smallest absolute Gasteiger partial charge is 0.207 e. The van der Waals surface area contributed by atoms with Crippen molar-refractivity contribution in [1.82, 2.24) is 14.9 Å². The molecule has 0 saturated heterocycles. The summed E-state index contributed by atoms with van der Waals surface area (Å²) < 4.78 is 2.15. The highest BCUT2D eigenvalue weighted by molar-refractivity contribution is 5.76. The van der Waals surface area contributed by atoms with Crippen molar-refractivity contribution < 1.29 is 4.79 Å². The van der Waals surface area contributed by atoms with Crippen molar-refractivity contribution in [1.29, 1.82) is 0 Å². The molecule has 0 atom stereocenters. The van der Waals surface area contributed by atoms with Crippen LogP contribution in [0.3, 0.4) is 0 Å². The van der Waals surface area contributed by atoms with Crippen molar-refractivity contribution in [2.45, 2.75) is 20.0 Å². The van der Waals surface area contributed by atoms with E-state index in [2.05, 4.69) is 52.1 Å². The zero-order valence-electron chi connectivity index (χ0n) is 11.9. The molecule has 4 heteroatoms. The Morgan fingerprint density at radius 1 is 1.19 bits per heavy atom. The van der Waals surface area contributed by atoms with Crippen molar-refractivity contribution in [2.24, 2.45) is 0 Å². The number of aryl methyl sites for hydroxylation is 1. The van der Waals surface area contributed by atoms with Gasteiger partial charge in [-0.1, -0.05) is 42.0 Å². The molecule has 0 saturated carbocycles. The first-order valence-corrected chi connectivity index (χ1v) is 6.94. The maximum absolute atomic E-state index is 10.6. The predicted octanol–water partition coefficient (Wildman–Crippen LogP) is 2.64. The molecule has 0 unspecified atom stereocenters. The molecule has 1 N–H and O–H groups in total. The lowest BCUT2D eigenvalue weighted by Crippen LogP contribution is -2.15. The fourth-order valence-electron chi connectivity index (χ4n) is 2.56. The lowest BCUT2D eigenvalue weighted by Gasteiger charge is -2.09. The van der Waals surface area contributed by atoms with Crippen LogP contribution in [-0.4, -0.2) is 16.0 Å². The highest BCUT2D eigenvalue weighted by Crippen LogP contribution is 2.18. The normalized spacial score (nSPS) is 10.7. The van der Waals surface area contributed by atoms with Crippen LogP contribution in [0.1, 0.15) is 17.0 Å². The average Bonchev–Trinajstić information content (AvgIpc) is 2.83. The number of carbonyl (C=O) groups excluding carboxylic acids is 1. The minimum absolute atomic E-state index is 0.435. The minimum Gasteiger partial charge on any atom is -0.351 e. The summed E-state index contributed by atoms with van der Waals surface area (Å²) in [4.78, 5) is 15.2. The highest BCUT2D eigenvalue weighted by Gasteiger charge is 2.10. The first-order chi connectivity index (χ1) is 10.3. The average molecular weight is 279 g/mol. The van der Waals surface area contributed by atoms with Gasteiger partial charge in [-0.05, 0) is 24.6 Å². The van der Waals surface area contributed by atoms with Gasteiger partial charge in [0.05, 0.1) is 17.6 Å². The number of imidazole rings is 1. The zero-order valence-corrected chi connectivity index (χ0v) is 11.9. The molecule has 1 amide bonds.